The molecular formula is C24H29N9O2. The highest BCUT2D eigenvalue weighted by atomic mass is 16.5. The number of benzene rings is 1. The first-order valence-corrected chi connectivity index (χ1v) is 12.0. The van der Waals surface area contributed by atoms with Gasteiger partial charge in [-0.3, -0.25) is 5.10 Å². The summed E-state index contributed by atoms with van der Waals surface area (Å²) in [7, 11) is 2.09. The van der Waals surface area contributed by atoms with Gasteiger partial charge >= 0.3 is 0 Å². The van der Waals surface area contributed by atoms with Gasteiger partial charge in [0.05, 0.1) is 29.9 Å². The van der Waals surface area contributed by atoms with Crippen LogP contribution in [0.15, 0.2) is 30.5 Å². The molecule has 2 aliphatic rings. The Morgan fingerprint density at radius 3 is 2.86 bits per heavy atom. The quantitative estimate of drug-likeness (QED) is 0.386. The molecule has 0 amide bonds. The van der Waals surface area contributed by atoms with E-state index in [9.17, 15) is 0 Å². The number of H-pyrrole nitrogens is 1. The summed E-state index contributed by atoms with van der Waals surface area (Å²) >= 11 is 0. The molecule has 1 fully saturated rings. The van der Waals surface area contributed by atoms with Crippen molar-refractivity contribution in [2.45, 2.75) is 32.4 Å². The third kappa shape index (κ3) is 4.34. The van der Waals surface area contributed by atoms with E-state index >= 15 is 0 Å². The van der Waals surface area contributed by atoms with Gasteiger partial charge in [-0.1, -0.05) is 6.07 Å². The number of fused-ring (bicyclic) bond motifs is 2. The normalized spacial score (nSPS) is 16.2. The topological polar surface area (TPSA) is 118 Å². The van der Waals surface area contributed by atoms with Gasteiger partial charge in [0.25, 0.3) is 0 Å². The van der Waals surface area contributed by atoms with Gasteiger partial charge in [0.2, 0.25) is 5.95 Å². The monoisotopic (exact) mass is 475 g/mol. The van der Waals surface area contributed by atoms with Crippen LogP contribution in [0.2, 0.25) is 0 Å². The number of aromatic amines is 1. The molecule has 3 aromatic heterocycles. The van der Waals surface area contributed by atoms with E-state index in [0.29, 0.717) is 30.7 Å². The molecule has 1 aromatic carbocycles. The SMILES string of the molecule is Cc1cc(Nc2nc(NCc3ccc4c(c3)N(C)CCO4)nc3c2cnn3C2CCOCC2)n[nH]1. The second-order valence-electron chi connectivity index (χ2n) is 9.05. The molecule has 4 aromatic rings. The highest BCUT2D eigenvalue weighted by Gasteiger charge is 2.22. The van der Waals surface area contributed by atoms with Crippen LogP contribution in [0.3, 0.4) is 0 Å². The largest absolute Gasteiger partial charge is 0.490 e. The molecule has 5 heterocycles. The molecule has 0 aliphatic carbocycles. The molecule has 1 saturated heterocycles. The molecule has 0 bridgehead atoms. The van der Waals surface area contributed by atoms with Crippen molar-refractivity contribution in [3.8, 4) is 5.75 Å². The number of nitrogens with one attached hydrogen (secondary N) is 3. The van der Waals surface area contributed by atoms with Gasteiger partial charge in [0.1, 0.15) is 18.2 Å². The molecule has 11 heteroatoms. The van der Waals surface area contributed by atoms with E-state index in [-0.39, 0.29) is 6.04 Å². The van der Waals surface area contributed by atoms with Crippen LogP contribution in [0.4, 0.5) is 23.3 Å². The molecule has 0 atom stereocenters. The number of anilines is 4. The second-order valence-corrected chi connectivity index (χ2v) is 9.05. The summed E-state index contributed by atoms with van der Waals surface area (Å²) in [6.07, 6.45) is 3.65. The van der Waals surface area contributed by atoms with E-state index in [1.165, 1.54) is 0 Å². The molecule has 3 N–H and O–H groups in total. The zero-order valence-electron chi connectivity index (χ0n) is 19.9. The van der Waals surface area contributed by atoms with Gasteiger partial charge in [-0.2, -0.15) is 20.2 Å². The van der Waals surface area contributed by atoms with Gasteiger partial charge in [-0.15, -0.1) is 0 Å². The number of aromatic nitrogens is 6. The predicted molar refractivity (Wildman–Crippen MR) is 134 cm³/mol. The number of rotatable bonds is 6. The van der Waals surface area contributed by atoms with Crippen molar-refractivity contribution in [2.24, 2.45) is 0 Å². The number of hydrogen-bond donors (Lipinski definition) is 3. The van der Waals surface area contributed by atoms with Crippen molar-refractivity contribution < 1.29 is 9.47 Å². The summed E-state index contributed by atoms with van der Waals surface area (Å²) in [5.41, 5.74) is 3.99. The molecule has 182 valence electrons. The second kappa shape index (κ2) is 9.06. The molecule has 11 nitrogen and oxygen atoms in total. The molecule has 6 rings (SSSR count). The fourth-order valence-corrected chi connectivity index (χ4v) is 4.59. The third-order valence-corrected chi connectivity index (χ3v) is 6.51. The summed E-state index contributed by atoms with van der Waals surface area (Å²) in [6.45, 7) is 5.60. The van der Waals surface area contributed by atoms with Crippen molar-refractivity contribution in [1.29, 1.82) is 0 Å². The van der Waals surface area contributed by atoms with Crippen molar-refractivity contribution in [3.63, 3.8) is 0 Å². The van der Waals surface area contributed by atoms with Crippen molar-refractivity contribution in [3.05, 3.63) is 41.7 Å². The molecule has 0 saturated carbocycles. The number of aryl methyl sites for hydroxylation is 1. The van der Waals surface area contributed by atoms with Crippen LogP contribution in [0.25, 0.3) is 11.0 Å². The Morgan fingerprint density at radius 2 is 2.03 bits per heavy atom. The lowest BCUT2D eigenvalue weighted by Crippen LogP contribution is -2.28. The Balaban J connectivity index is 1.32. The van der Waals surface area contributed by atoms with Gasteiger partial charge < -0.3 is 25.0 Å². The molecule has 35 heavy (non-hydrogen) atoms. The van der Waals surface area contributed by atoms with Crippen molar-refractivity contribution in [2.75, 3.05) is 48.9 Å². The van der Waals surface area contributed by atoms with Gasteiger partial charge in [-0.05, 0) is 37.5 Å². The Hall–Kier alpha value is -3.86. The first kappa shape index (κ1) is 21.7. The molecular weight excluding hydrogens is 446 g/mol. The van der Waals surface area contributed by atoms with Crippen LogP contribution in [-0.2, 0) is 11.3 Å². The Kier molecular flexibility index (Phi) is 5.61. The first-order chi connectivity index (χ1) is 17.1. The van der Waals surface area contributed by atoms with Crippen LogP contribution >= 0.6 is 0 Å². The Morgan fingerprint density at radius 1 is 1.14 bits per heavy atom. The fraction of sp³-hybridized carbons (Fsp3) is 0.417. The Labute approximate surface area is 202 Å². The maximum atomic E-state index is 5.77. The van der Waals surface area contributed by atoms with Crippen LogP contribution in [-0.4, -0.2) is 63.4 Å². The number of nitrogens with zero attached hydrogens (tertiary/aromatic N) is 6. The minimum absolute atomic E-state index is 0.251. The smallest absolute Gasteiger partial charge is 0.227 e. The lowest BCUT2D eigenvalue weighted by molar-refractivity contribution is 0.0673. The summed E-state index contributed by atoms with van der Waals surface area (Å²) in [6, 6.07) is 8.44. The maximum Gasteiger partial charge on any atom is 0.227 e. The van der Waals surface area contributed by atoms with Crippen molar-refractivity contribution >= 4 is 34.3 Å². The summed E-state index contributed by atoms with van der Waals surface area (Å²) < 4.78 is 13.3. The highest BCUT2D eigenvalue weighted by Crippen LogP contribution is 2.32. The number of likely N-dealkylation sites (N-methyl/N-ethyl adjacent to an activating group) is 1. The molecule has 0 radical (unpaired) electrons. The van der Waals surface area contributed by atoms with Crippen LogP contribution in [0, 0.1) is 6.92 Å². The average molecular weight is 476 g/mol. The van der Waals surface area contributed by atoms with Crippen LogP contribution in [0.5, 0.6) is 5.75 Å². The van der Waals surface area contributed by atoms with Crippen molar-refractivity contribution in [1.82, 2.24) is 29.9 Å². The molecule has 2 aliphatic heterocycles. The average Bonchev–Trinajstić information content (AvgIpc) is 3.49. The zero-order valence-corrected chi connectivity index (χ0v) is 19.9. The molecule has 0 spiro atoms. The van der Waals surface area contributed by atoms with Gasteiger partial charge in [0.15, 0.2) is 11.5 Å². The number of ether oxygens (including phenoxy) is 2. The van der Waals surface area contributed by atoms with E-state index in [4.69, 9.17) is 19.4 Å². The fourth-order valence-electron chi connectivity index (χ4n) is 4.59. The molecule has 0 unspecified atom stereocenters. The lowest BCUT2D eigenvalue weighted by atomic mass is 10.1. The van der Waals surface area contributed by atoms with E-state index in [1.807, 2.05) is 29.9 Å². The first-order valence-electron chi connectivity index (χ1n) is 12.0. The lowest BCUT2D eigenvalue weighted by Gasteiger charge is -2.28. The summed E-state index contributed by atoms with van der Waals surface area (Å²) in [5, 5.41) is 19.6. The summed E-state index contributed by atoms with van der Waals surface area (Å²) in [4.78, 5) is 11.9. The minimum Gasteiger partial charge on any atom is -0.490 e. The highest BCUT2D eigenvalue weighted by molar-refractivity contribution is 5.89. The Bertz CT molecular complexity index is 1340. The van der Waals surface area contributed by atoms with Gasteiger partial charge in [-0.25, -0.2) is 4.68 Å². The minimum atomic E-state index is 0.251. The van der Waals surface area contributed by atoms with E-state index < -0.39 is 0 Å². The van der Waals surface area contributed by atoms with E-state index in [1.54, 1.807) is 0 Å². The van der Waals surface area contributed by atoms with Crippen LogP contribution < -0.4 is 20.3 Å². The summed E-state index contributed by atoms with van der Waals surface area (Å²) in [5.74, 6) is 2.82. The van der Waals surface area contributed by atoms with Crippen LogP contribution in [0.1, 0.15) is 30.1 Å². The standard InChI is InChI=1S/C24H29N9O2/c1-15-11-21(31-30-15)27-22-18-14-26-33(17-5-8-34-9-6-17)23(18)29-24(28-22)25-13-16-3-4-20-19(12-16)32(2)7-10-35-20/h3-4,11-12,14,17H,5-10,13H2,1-2H3,(H3,25,27,28,29,30,31). The van der Waals surface area contributed by atoms with Gasteiger partial charge in [0, 0.05) is 38.6 Å². The third-order valence-electron chi connectivity index (χ3n) is 6.51. The van der Waals surface area contributed by atoms with E-state index in [0.717, 1.165) is 66.3 Å². The zero-order chi connectivity index (χ0) is 23.8. The van der Waals surface area contributed by atoms with E-state index in [2.05, 4.69) is 50.0 Å². The predicted octanol–water partition coefficient (Wildman–Crippen LogP) is 3.39. The number of hydrogen-bond acceptors (Lipinski definition) is 9. The maximum absolute atomic E-state index is 5.77.